The van der Waals surface area contributed by atoms with Crippen LogP contribution in [-0.2, 0) is 15.7 Å². The second-order valence-corrected chi connectivity index (χ2v) is 8.16. The van der Waals surface area contributed by atoms with Gasteiger partial charge in [-0.1, -0.05) is 36.4 Å². The minimum Gasteiger partial charge on any atom is -0.493 e. The normalized spacial score (nSPS) is 12.4. The SMILES string of the molecule is COCCOc1cc2ncnc(-c3ccc(C(C(N)=O)c4ccc(C(F)(F)F)cc4)cc3)c2cc1OC. The van der Waals surface area contributed by atoms with Gasteiger partial charge in [-0.25, -0.2) is 9.97 Å². The van der Waals surface area contributed by atoms with Crippen LogP contribution in [0.4, 0.5) is 13.2 Å². The first-order valence-corrected chi connectivity index (χ1v) is 11.2. The summed E-state index contributed by atoms with van der Waals surface area (Å²) in [6.07, 6.45) is -3.03. The van der Waals surface area contributed by atoms with Crippen molar-refractivity contribution in [2.24, 2.45) is 5.73 Å². The van der Waals surface area contributed by atoms with E-state index in [2.05, 4.69) is 9.97 Å². The van der Waals surface area contributed by atoms with Crippen LogP contribution in [0.15, 0.2) is 67.0 Å². The Morgan fingerprint density at radius 3 is 2.14 bits per heavy atom. The van der Waals surface area contributed by atoms with Crippen LogP contribution in [0.25, 0.3) is 22.2 Å². The average Bonchev–Trinajstić information content (AvgIpc) is 2.88. The molecule has 4 aromatic rings. The van der Waals surface area contributed by atoms with E-state index >= 15 is 0 Å². The lowest BCUT2D eigenvalue weighted by Gasteiger charge is -2.16. The largest absolute Gasteiger partial charge is 0.493 e. The summed E-state index contributed by atoms with van der Waals surface area (Å²) in [6.45, 7) is 0.763. The summed E-state index contributed by atoms with van der Waals surface area (Å²) >= 11 is 0. The fraction of sp³-hybridized carbons (Fsp3) is 0.222. The third-order valence-electron chi connectivity index (χ3n) is 5.84. The maximum Gasteiger partial charge on any atom is 0.416 e. The highest BCUT2D eigenvalue weighted by Crippen LogP contribution is 2.36. The monoisotopic (exact) mass is 511 g/mol. The molecule has 37 heavy (non-hydrogen) atoms. The standard InChI is InChI=1S/C27H24F3N3O4/c1-35-11-12-37-23-14-21-20(13-22(23)36-2)25(33-15-32-21)18-5-3-16(4-6-18)24(26(31)34)17-7-9-19(10-8-17)27(28,29)30/h3-10,13-15,24H,11-12H2,1-2H3,(H2,31,34). The van der Waals surface area contributed by atoms with Gasteiger partial charge in [0.25, 0.3) is 0 Å². The summed E-state index contributed by atoms with van der Waals surface area (Å²) in [7, 11) is 3.12. The quantitative estimate of drug-likeness (QED) is 0.319. The Morgan fingerprint density at radius 2 is 1.57 bits per heavy atom. The Morgan fingerprint density at radius 1 is 0.919 bits per heavy atom. The van der Waals surface area contributed by atoms with Gasteiger partial charge in [-0.15, -0.1) is 0 Å². The van der Waals surface area contributed by atoms with E-state index in [0.717, 1.165) is 23.1 Å². The lowest BCUT2D eigenvalue weighted by atomic mass is 9.89. The van der Waals surface area contributed by atoms with Crippen LogP contribution in [0.3, 0.4) is 0 Å². The van der Waals surface area contributed by atoms with E-state index in [4.69, 9.17) is 19.9 Å². The molecule has 1 amide bonds. The van der Waals surface area contributed by atoms with E-state index in [1.165, 1.54) is 25.6 Å². The van der Waals surface area contributed by atoms with Gasteiger partial charge in [-0.3, -0.25) is 4.79 Å². The molecule has 0 aliphatic rings. The predicted octanol–water partition coefficient (Wildman–Crippen LogP) is 4.97. The van der Waals surface area contributed by atoms with Crippen molar-refractivity contribution in [1.82, 2.24) is 9.97 Å². The molecule has 7 nitrogen and oxygen atoms in total. The molecule has 0 spiro atoms. The maximum absolute atomic E-state index is 12.9. The number of aromatic nitrogens is 2. The number of nitrogens with two attached hydrogens (primary N) is 1. The molecule has 0 bridgehead atoms. The zero-order chi connectivity index (χ0) is 26.6. The van der Waals surface area contributed by atoms with E-state index < -0.39 is 23.6 Å². The molecule has 0 radical (unpaired) electrons. The van der Waals surface area contributed by atoms with Gasteiger partial charge < -0.3 is 19.9 Å². The smallest absolute Gasteiger partial charge is 0.416 e. The molecule has 0 aliphatic carbocycles. The fourth-order valence-corrected chi connectivity index (χ4v) is 4.02. The van der Waals surface area contributed by atoms with Crippen molar-refractivity contribution in [2.45, 2.75) is 12.1 Å². The highest BCUT2D eigenvalue weighted by atomic mass is 19.4. The van der Waals surface area contributed by atoms with Gasteiger partial charge in [0.05, 0.1) is 36.4 Å². The Hall–Kier alpha value is -4.18. The number of methoxy groups -OCH3 is 2. The van der Waals surface area contributed by atoms with Gasteiger partial charge in [0.2, 0.25) is 5.91 Å². The van der Waals surface area contributed by atoms with E-state index in [1.807, 2.05) is 0 Å². The Bertz CT molecular complexity index is 1390. The number of benzene rings is 3. The Labute approximate surface area is 211 Å². The molecule has 192 valence electrons. The summed E-state index contributed by atoms with van der Waals surface area (Å²) in [4.78, 5) is 21.0. The van der Waals surface area contributed by atoms with Crippen LogP contribution < -0.4 is 15.2 Å². The van der Waals surface area contributed by atoms with Crippen LogP contribution >= 0.6 is 0 Å². The van der Waals surface area contributed by atoms with Gasteiger partial charge in [0, 0.05) is 24.1 Å². The molecule has 1 aromatic heterocycles. The number of rotatable bonds is 9. The summed E-state index contributed by atoms with van der Waals surface area (Å²) in [6, 6.07) is 14.9. The molecule has 1 unspecified atom stereocenters. The second kappa shape index (κ2) is 10.8. The number of hydrogen-bond acceptors (Lipinski definition) is 6. The zero-order valence-corrected chi connectivity index (χ0v) is 20.1. The number of nitrogens with zero attached hydrogens (tertiary/aromatic N) is 2. The van der Waals surface area contributed by atoms with Crippen molar-refractivity contribution in [3.05, 3.63) is 83.7 Å². The number of primary amides is 1. The second-order valence-electron chi connectivity index (χ2n) is 8.16. The van der Waals surface area contributed by atoms with E-state index in [9.17, 15) is 18.0 Å². The van der Waals surface area contributed by atoms with Crippen LogP contribution in [0, 0.1) is 0 Å². The highest BCUT2D eigenvalue weighted by Gasteiger charge is 2.31. The zero-order valence-electron chi connectivity index (χ0n) is 20.1. The van der Waals surface area contributed by atoms with E-state index in [-0.39, 0.29) is 0 Å². The summed E-state index contributed by atoms with van der Waals surface area (Å²) in [5, 5.41) is 0.723. The number of halogens is 3. The molecule has 1 heterocycles. The minimum atomic E-state index is -4.47. The molecule has 0 saturated heterocycles. The molecule has 3 aromatic carbocycles. The van der Waals surface area contributed by atoms with Crippen molar-refractivity contribution in [3.8, 4) is 22.8 Å². The van der Waals surface area contributed by atoms with Crippen LogP contribution in [0.5, 0.6) is 11.5 Å². The first-order chi connectivity index (χ1) is 17.7. The molecule has 2 N–H and O–H groups in total. The Kier molecular flexibility index (Phi) is 7.58. The predicted molar refractivity (Wildman–Crippen MR) is 131 cm³/mol. The lowest BCUT2D eigenvalue weighted by molar-refractivity contribution is -0.137. The van der Waals surface area contributed by atoms with Gasteiger partial charge in [0.1, 0.15) is 12.9 Å². The maximum atomic E-state index is 12.9. The first-order valence-electron chi connectivity index (χ1n) is 11.2. The summed E-state index contributed by atoms with van der Waals surface area (Å²) in [5.41, 5.74) is 7.74. The number of ether oxygens (including phenoxy) is 3. The molecule has 1 atom stereocenters. The minimum absolute atomic E-state index is 0.345. The first kappa shape index (κ1) is 25.9. The number of carbonyl (C=O) groups is 1. The Balaban J connectivity index is 1.68. The number of amides is 1. The third-order valence-corrected chi connectivity index (χ3v) is 5.84. The molecule has 4 rings (SSSR count). The van der Waals surface area contributed by atoms with E-state index in [0.29, 0.717) is 47.1 Å². The molecular formula is C27H24F3N3O4. The van der Waals surface area contributed by atoms with E-state index in [1.54, 1.807) is 43.5 Å². The van der Waals surface area contributed by atoms with Crippen molar-refractivity contribution < 1.29 is 32.2 Å². The van der Waals surface area contributed by atoms with Gasteiger partial charge in [0.15, 0.2) is 11.5 Å². The molecular weight excluding hydrogens is 487 g/mol. The van der Waals surface area contributed by atoms with Crippen LogP contribution in [0.1, 0.15) is 22.6 Å². The van der Waals surface area contributed by atoms with Crippen molar-refractivity contribution >= 4 is 16.8 Å². The van der Waals surface area contributed by atoms with Gasteiger partial charge >= 0.3 is 6.18 Å². The van der Waals surface area contributed by atoms with Crippen molar-refractivity contribution in [1.29, 1.82) is 0 Å². The number of hydrogen-bond donors (Lipinski definition) is 1. The molecule has 10 heteroatoms. The van der Waals surface area contributed by atoms with Gasteiger partial charge in [-0.2, -0.15) is 13.2 Å². The molecule has 0 saturated carbocycles. The highest BCUT2D eigenvalue weighted by molar-refractivity contribution is 5.94. The number of carbonyl (C=O) groups excluding carboxylic acids is 1. The summed E-state index contributed by atoms with van der Waals surface area (Å²) < 4.78 is 55.1. The number of fused-ring (bicyclic) bond motifs is 1. The van der Waals surface area contributed by atoms with Crippen molar-refractivity contribution in [3.63, 3.8) is 0 Å². The summed E-state index contributed by atoms with van der Waals surface area (Å²) in [5.74, 6) is -0.559. The van der Waals surface area contributed by atoms with Crippen molar-refractivity contribution in [2.75, 3.05) is 27.4 Å². The number of alkyl halides is 3. The van der Waals surface area contributed by atoms with Gasteiger partial charge in [-0.05, 0) is 29.3 Å². The molecule has 0 aliphatic heterocycles. The topological polar surface area (TPSA) is 96.6 Å². The lowest BCUT2D eigenvalue weighted by Crippen LogP contribution is -2.22. The van der Waals surface area contributed by atoms with Crippen LogP contribution in [-0.4, -0.2) is 43.3 Å². The molecule has 0 fully saturated rings. The third kappa shape index (κ3) is 5.64. The van der Waals surface area contributed by atoms with Crippen LogP contribution in [0.2, 0.25) is 0 Å². The fourth-order valence-electron chi connectivity index (χ4n) is 4.02. The average molecular weight is 512 g/mol.